The predicted octanol–water partition coefficient (Wildman–Crippen LogP) is 5.23. The lowest BCUT2D eigenvalue weighted by Crippen LogP contribution is -2.32. The number of methoxy groups -OCH3 is 1. The molecule has 1 heterocycles. The van der Waals surface area contributed by atoms with Gasteiger partial charge in [-0.2, -0.15) is 0 Å². The van der Waals surface area contributed by atoms with Crippen LogP contribution in [0.4, 0.5) is 11.4 Å². The molecule has 3 aromatic carbocycles. The van der Waals surface area contributed by atoms with Crippen LogP contribution >= 0.6 is 11.6 Å². The topological polar surface area (TPSA) is 67.9 Å². The molecule has 2 amide bonds. The van der Waals surface area contributed by atoms with E-state index >= 15 is 0 Å². The Kier molecular flexibility index (Phi) is 5.64. The average Bonchev–Trinajstić information content (AvgIpc) is 2.98. The van der Waals surface area contributed by atoms with Gasteiger partial charge in [0, 0.05) is 0 Å². The average molecular weight is 435 g/mol. The Morgan fingerprint density at radius 1 is 0.871 bits per heavy atom. The zero-order chi connectivity index (χ0) is 22.0. The third-order valence-electron chi connectivity index (χ3n) is 4.72. The molecule has 0 bridgehead atoms. The summed E-state index contributed by atoms with van der Waals surface area (Å²) >= 11 is 6.23. The van der Waals surface area contributed by atoms with Crippen molar-refractivity contribution < 1.29 is 19.1 Å². The molecule has 0 saturated heterocycles. The normalized spacial score (nSPS) is 13.6. The number of benzene rings is 3. The van der Waals surface area contributed by atoms with Gasteiger partial charge < -0.3 is 14.8 Å². The minimum atomic E-state index is -0.600. The van der Waals surface area contributed by atoms with Crippen LogP contribution in [0.2, 0.25) is 0 Å². The van der Waals surface area contributed by atoms with E-state index in [4.69, 9.17) is 21.1 Å². The van der Waals surface area contributed by atoms with Gasteiger partial charge in [0.15, 0.2) is 0 Å². The number of aryl methyl sites for hydroxylation is 1. The lowest BCUT2D eigenvalue weighted by Gasteiger charge is -2.16. The first kappa shape index (κ1) is 20.5. The summed E-state index contributed by atoms with van der Waals surface area (Å²) in [6.45, 7) is 1.91. The summed E-state index contributed by atoms with van der Waals surface area (Å²) in [5.41, 5.74) is 1.90. The highest BCUT2D eigenvalue weighted by molar-refractivity contribution is 6.53. The number of nitrogens with one attached hydrogen (secondary N) is 1. The lowest BCUT2D eigenvalue weighted by atomic mass is 10.2. The highest BCUT2D eigenvalue weighted by atomic mass is 35.5. The minimum absolute atomic E-state index is 0.000166. The summed E-state index contributed by atoms with van der Waals surface area (Å²) in [4.78, 5) is 26.8. The van der Waals surface area contributed by atoms with Crippen LogP contribution < -0.4 is 19.7 Å². The largest absolute Gasteiger partial charge is 0.495 e. The molecule has 4 rings (SSSR count). The third kappa shape index (κ3) is 4.11. The summed E-state index contributed by atoms with van der Waals surface area (Å²) in [6, 6.07) is 21.4. The van der Waals surface area contributed by atoms with Crippen molar-refractivity contribution in [1.82, 2.24) is 0 Å². The van der Waals surface area contributed by atoms with Crippen molar-refractivity contribution in [2.45, 2.75) is 6.92 Å². The number of anilines is 2. The van der Waals surface area contributed by atoms with Crippen LogP contribution in [0.25, 0.3) is 0 Å². The number of carbonyl (C=O) groups excluding carboxylic acids is 2. The van der Waals surface area contributed by atoms with E-state index in [9.17, 15) is 9.59 Å². The molecule has 0 unspecified atom stereocenters. The van der Waals surface area contributed by atoms with Crippen LogP contribution in [-0.4, -0.2) is 18.9 Å². The Bertz CT molecular complexity index is 1170. The number of halogens is 1. The van der Waals surface area contributed by atoms with Crippen LogP contribution in [0.3, 0.4) is 0 Å². The van der Waals surface area contributed by atoms with Crippen molar-refractivity contribution in [3.63, 3.8) is 0 Å². The highest BCUT2D eigenvalue weighted by Gasteiger charge is 2.39. The number of imide groups is 1. The standard InChI is InChI=1S/C24H19ClN2O4/c1-15-8-13-20(30-2)19(14-15)26-22-21(25)23(28)27(24(22)29)16-9-11-18(12-10-16)31-17-6-4-3-5-7-17/h3-14,26H,1-2H3. The first-order valence-corrected chi connectivity index (χ1v) is 9.89. The first-order valence-electron chi connectivity index (χ1n) is 9.51. The van der Waals surface area contributed by atoms with Gasteiger partial charge in [0.2, 0.25) is 0 Å². The van der Waals surface area contributed by atoms with E-state index in [0.717, 1.165) is 10.5 Å². The lowest BCUT2D eigenvalue weighted by molar-refractivity contribution is -0.120. The summed E-state index contributed by atoms with van der Waals surface area (Å²) in [5, 5.41) is 2.78. The third-order valence-corrected chi connectivity index (χ3v) is 5.07. The second kappa shape index (κ2) is 8.53. The molecule has 1 N–H and O–H groups in total. The van der Waals surface area contributed by atoms with Gasteiger partial charge in [0.1, 0.15) is 28.0 Å². The molecule has 7 heteroatoms. The van der Waals surface area contributed by atoms with Gasteiger partial charge in [0.25, 0.3) is 11.8 Å². The summed E-state index contributed by atoms with van der Waals surface area (Å²) < 4.78 is 11.1. The molecule has 0 aromatic heterocycles. The zero-order valence-corrected chi connectivity index (χ0v) is 17.6. The Hall–Kier alpha value is -3.77. The number of carbonyl (C=O) groups is 2. The summed E-state index contributed by atoms with van der Waals surface area (Å²) in [5.74, 6) is 0.652. The maximum Gasteiger partial charge on any atom is 0.283 e. The Morgan fingerprint density at radius 2 is 1.55 bits per heavy atom. The van der Waals surface area contributed by atoms with Crippen LogP contribution in [0.1, 0.15) is 5.56 Å². The number of rotatable bonds is 6. The molecule has 1 aliphatic rings. The van der Waals surface area contributed by atoms with Gasteiger partial charge >= 0.3 is 0 Å². The number of amides is 2. The van der Waals surface area contributed by atoms with E-state index in [1.54, 1.807) is 30.3 Å². The first-order chi connectivity index (χ1) is 15.0. The molecule has 0 aliphatic carbocycles. The van der Waals surface area contributed by atoms with Crippen LogP contribution in [0, 0.1) is 6.92 Å². The SMILES string of the molecule is COc1ccc(C)cc1NC1=C(Cl)C(=O)N(c2ccc(Oc3ccccc3)cc2)C1=O. The smallest absolute Gasteiger partial charge is 0.283 e. The molecule has 31 heavy (non-hydrogen) atoms. The number of hydrogen-bond acceptors (Lipinski definition) is 5. The minimum Gasteiger partial charge on any atom is -0.495 e. The molecular weight excluding hydrogens is 416 g/mol. The number of ether oxygens (including phenoxy) is 2. The van der Waals surface area contributed by atoms with Crippen LogP contribution in [-0.2, 0) is 9.59 Å². The van der Waals surface area contributed by atoms with Gasteiger partial charge in [-0.1, -0.05) is 35.9 Å². The van der Waals surface area contributed by atoms with Gasteiger partial charge in [-0.15, -0.1) is 0 Å². The predicted molar refractivity (Wildman–Crippen MR) is 120 cm³/mol. The number of hydrogen-bond donors (Lipinski definition) is 1. The molecule has 0 saturated carbocycles. The van der Waals surface area contributed by atoms with E-state index < -0.39 is 11.8 Å². The molecule has 0 radical (unpaired) electrons. The van der Waals surface area contributed by atoms with Crippen LogP contribution in [0.15, 0.2) is 83.5 Å². The fraction of sp³-hybridized carbons (Fsp3) is 0.0833. The van der Waals surface area contributed by atoms with E-state index in [1.165, 1.54) is 7.11 Å². The summed E-state index contributed by atoms with van der Waals surface area (Å²) in [7, 11) is 1.53. The van der Waals surface area contributed by atoms with Gasteiger partial charge in [-0.25, -0.2) is 4.90 Å². The van der Waals surface area contributed by atoms with Crippen molar-refractivity contribution in [3.05, 3.63) is 89.1 Å². The molecule has 156 valence electrons. The Balaban J connectivity index is 1.56. The number of nitrogens with zero attached hydrogens (tertiary/aromatic N) is 1. The molecule has 0 fully saturated rings. The van der Waals surface area contributed by atoms with Crippen LogP contribution in [0.5, 0.6) is 17.2 Å². The van der Waals surface area contributed by atoms with E-state index in [2.05, 4.69) is 5.32 Å². The fourth-order valence-corrected chi connectivity index (χ4v) is 3.40. The van der Waals surface area contributed by atoms with Gasteiger partial charge in [-0.3, -0.25) is 9.59 Å². The van der Waals surface area contributed by atoms with Gasteiger partial charge in [-0.05, 0) is 61.0 Å². The van der Waals surface area contributed by atoms with Crippen molar-refractivity contribution >= 4 is 34.8 Å². The van der Waals surface area contributed by atoms with Crippen molar-refractivity contribution in [1.29, 1.82) is 0 Å². The second-order valence-electron chi connectivity index (χ2n) is 6.87. The van der Waals surface area contributed by atoms with E-state index in [-0.39, 0.29) is 10.7 Å². The maximum atomic E-state index is 13.0. The monoisotopic (exact) mass is 434 g/mol. The zero-order valence-electron chi connectivity index (χ0n) is 16.9. The Labute approximate surface area is 184 Å². The Morgan fingerprint density at radius 3 is 2.23 bits per heavy atom. The highest BCUT2D eigenvalue weighted by Crippen LogP contribution is 2.34. The van der Waals surface area contributed by atoms with E-state index in [0.29, 0.717) is 28.6 Å². The molecule has 1 aliphatic heterocycles. The molecule has 0 atom stereocenters. The quantitative estimate of drug-likeness (QED) is 0.538. The molecule has 6 nitrogen and oxygen atoms in total. The van der Waals surface area contributed by atoms with Crippen molar-refractivity contribution in [2.75, 3.05) is 17.3 Å². The van der Waals surface area contributed by atoms with Crippen molar-refractivity contribution in [2.24, 2.45) is 0 Å². The molecule has 0 spiro atoms. The molecule has 3 aromatic rings. The van der Waals surface area contributed by atoms with E-state index in [1.807, 2.05) is 49.4 Å². The maximum absolute atomic E-state index is 13.0. The second-order valence-corrected chi connectivity index (χ2v) is 7.25. The fourth-order valence-electron chi connectivity index (χ4n) is 3.19. The number of para-hydroxylation sites is 1. The molecular formula is C24H19ClN2O4. The van der Waals surface area contributed by atoms with Crippen molar-refractivity contribution in [3.8, 4) is 17.2 Å². The van der Waals surface area contributed by atoms with Gasteiger partial charge in [0.05, 0.1) is 18.5 Å². The summed E-state index contributed by atoms with van der Waals surface area (Å²) in [6.07, 6.45) is 0.